The number of phenolic OH excluding ortho intramolecular Hbond substituents is 2. The first kappa shape index (κ1) is 36.9. The van der Waals surface area contributed by atoms with Crippen molar-refractivity contribution in [1.82, 2.24) is 9.13 Å². The summed E-state index contributed by atoms with van der Waals surface area (Å²) in [6, 6.07) is 57.0. The number of ether oxygens (including phenoxy) is 2. The van der Waals surface area contributed by atoms with Crippen LogP contribution in [-0.4, -0.2) is 31.6 Å². The maximum absolute atomic E-state index is 12.2. The Labute approximate surface area is 348 Å². The predicted molar refractivity (Wildman–Crippen MR) is 245 cm³/mol. The highest BCUT2D eigenvalue weighted by Gasteiger charge is 2.24. The van der Waals surface area contributed by atoms with Crippen LogP contribution >= 0.6 is 0 Å². The summed E-state index contributed by atoms with van der Waals surface area (Å²) in [7, 11) is 0. The summed E-state index contributed by atoms with van der Waals surface area (Å²) >= 11 is 0. The number of aryl methyl sites for hydroxylation is 2. The Morgan fingerprint density at radius 1 is 0.383 bits per heavy atom. The van der Waals surface area contributed by atoms with Crippen molar-refractivity contribution in [3.8, 4) is 56.6 Å². The lowest BCUT2D eigenvalue weighted by Gasteiger charge is -2.26. The van der Waals surface area contributed by atoms with Crippen molar-refractivity contribution in [1.29, 1.82) is 0 Å². The second kappa shape index (κ2) is 14.7. The summed E-state index contributed by atoms with van der Waals surface area (Å²) in [5.74, 6) is 1.62. The third-order valence-corrected chi connectivity index (χ3v) is 11.8. The van der Waals surface area contributed by atoms with E-state index in [2.05, 4.69) is 95.8 Å². The smallest absolute Gasteiger partial charge is 0.147 e. The van der Waals surface area contributed by atoms with E-state index in [9.17, 15) is 10.2 Å². The van der Waals surface area contributed by atoms with Gasteiger partial charge in [0.25, 0.3) is 0 Å². The molecule has 2 heterocycles. The molecule has 0 unspecified atom stereocenters. The zero-order chi connectivity index (χ0) is 41.1. The van der Waals surface area contributed by atoms with E-state index in [1.807, 2.05) is 111 Å². The second-order valence-electron chi connectivity index (χ2n) is 15.7. The fourth-order valence-corrected chi connectivity index (χ4v) is 8.81. The maximum Gasteiger partial charge on any atom is 0.147 e. The van der Waals surface area contributed by atoms with Gasteiger partial charge in [-0.25, -0.2) is 0 Å². The van der Waals surface area contributed by atoms with Crippen LogP contribution in [0.1, 0.15) is 25.0 Å². The average Bonchev–Trinajstić information content (AvgIpc) is 3.78. The van der Waals surface area contributed by atoms with E-state index in [4.69, 9.17) is 9.47 Å². The van der Waals surface area contributed by atoms with Gasteiger partial charge in [-0.05, 0) is 99.5 Å². The van der Waals surface area contributed by atoms with Gasteiger partial charge in [-0.1, -0.05) is 109 Å². The van der Waals surface area contributed by atoms with Crippen molar-refractivity contribution >= 4 is 43.6 Å². The number of phenols is 2. The minimum absolute atomic E-state index is 0.173. The van der Waals surface area contributed by atoms with E-state index in [0.29, 0.717) is 34.0 Å². The highest BCUT2D eigenvalue weighted by atomic mass is 16.5. The Hall–Kier alpha value is -7.44. The summed E-state index contributed by atoms with van der Waals surface area (Å²) in [5, 5.41) is 28.8. The van der Waals surface area contributed by atoms with E-state index in [-0.39, 0.29) is 11.5 Å². The quantitative estimate of drug-likeness (QED) is 0.153. The molecular formula is C54H44N2O4. The Morgan fingerprint density at radius 3 is 1.03 bits per heavy atom. The van der Waals surface area contributed by atoms with E-state index < -0.39 is 12.2 Å². The summed E-state index contributed by atoms with van der Waals surface area (Å²) in [5.41, 5.74) is 10.5. The monoisotopic (exact) mass is 784 g/mol. The van der Waals surface area contributed by atoms with Gasteiger partial charge in [-0.3, -0.25) is 0 Å². The topological polar surface area (TPSA) is 68.8 Å². The van der Waals surface area contributed by atoms with Crippen molar-refractivity contribution in [2.24, 2.45) is 0 Å². The number of aromatic hydroxyl groups is 2. The molecule has 0 saturated heterocycles. The number of benzene rings is 8. The van der Waals surface area contributed by atoms with E-state index in [0.717, 1.165) is 65.9 Å². The van der Waals surface area contributed by atoms with Crippen LogP contribution < -0.4 is 9.47 Å². The molecule has 0 aliphatic heterocycles. The number of nitrogens with zero attached hydrogens (tertiary/aromatic N) is 2. The maximum atomic E-state index is 12.2. The molecule has 0 radical (unpaired) electrons. The molecule has 10 aromatic rings. The SMILES string of the molecule is Cc1cc(-c2ccccc2O[C@@H](C)[C@@H](C)Oc2ccccc2-c2cc(C)cc(-n3c4ccccc4c4ccccc43)c2O)c(O)c(-n2c3ccccc3c3ccccc32)c1. The standard InChI is InChI=1S/C54H44N2O4/c1-33-29-43(53(57)49(31-33)55-45-23-11-5-17-37(45)38-18-6-12-24-46(38)55)41-21-9-15-27-51(41)59-35(3)36(4)60-52-28-16-10-22-42(52)44-30-34(2)32-50(54(44)58)56-47-25-13-7-19-39(47)40-20-8-14-26-48(40)56/h5-32,35-36,57-58H,1-4H3/t35-,36+. The molecule has 8 aromatic carbocycles. The summed E-state index contributed by atoms with van der Waals surface area (Å²) < 4.78 is 17.8. The van der Waals surface area contributed by atoms with Gasteiger partial charge in [0.05, 0.1) is 33.4 Å². The molecule has 0 spiro atoms. The van der Waals surface area contributed by atoms with E-state index >= 15 is 0 Å². The van der Waals surface area contributed by atoms with Crippen LogP contribution in [0.15, 0.2) is 170 Å². The molecule has 2 N–H and O–H groups in total. The second-order valence-corrected chi connectivity index (χ2v) is 15.7. The molecule has 294 valence electrons. The Kier molecular flexibility index (Phi) is 9.06. The summed E-state index contributed by atoms with van der Waals surface area (Å²) in [4.78, 5) is 0. The minimum atomic E-state index is -0.401. The number of hydrogen-bond donors (Lipinski definition) is 2. The van der Waals surface area contributed by atoms with Gasteiger partial charge in [0.1, 0.15) is 35.2 Å². The number of rotatable bonds is 9. The van der Waals surface area contributed by atoms with E-state index in [1.54, 1.807) is 0 Å². The molecule has 10 rings (SSSR count). The summed E-state index contributed by atoms with van der Waals surface area (Å²) in [6.07, 6.45) is -0.801. The van der Waals surface area contributed by atoms with Crippen LogP contribution in [0, 0.1) is 13.8 Å². The molecule has 2 atom stereocenters. The number of fused-ring (bicyclic) bond motifs is 6. The Balaban J connectivity index is 0.980. The molecule has 0 bridgehead atoms. The van der Waals surface area contributed by atoms with Gasteiger partial charge in [-0.15, -0.1) is 0 Å². The van der Waals surface area contributed by atoms with Crippen molar-refractivity contribution in [3.63, 3.8) is 0 Å². The van der Waals surface area contributed by atoms with Crippen LogP contribution in [0.3, 0.4) is 0 Å². The fourth-order valence-electron chi connectivity index (χ4n) is 8.81. The summed E-state index contributed by atoms with van der Waals surface area (Å²) in [6.45, 7) is 8.10. The first-order valence-corrected chi connectivity index (χ1v) is 20.4. The third kappa shape index (κ3) is 6.11. The normalized spacial score (nSPS) is 12.7. The molecule has 0 saturated carbocycles. The van der Waals surface area contributed by atoms with Crippen LogP contribution in [0.4, 0.5) is 0 Å². The van der Waals surface area contributed by atoms with Crippen LogP contribution in [0.5, 0.6) is 23.0 Å². The molecule has 0 aliphatic rings. The molecule has 0 amide bonds. The first-order valence-electron chi connectivity index (χ1n) is 20.4. The highest BCUT2D eigenvalue weighted by molar-refractivity contribution is 6.10. The number of para-hydroxylation sites is 6. The molecule has 0 aliphatic carbocycles. The van der Waals surface area contributed by atoms with Gasteiger partial charge < -0.3 is 28.8 Å². The van der Waals surface area contributed by atoms with Crippen LogP contribution in [0.25, 0.3) is 77.2 Å². The lowest BCUT2D eigenvalue weighted by Crippen LogP contribution is -2.31. The average molecular weight is 785 g/mol. The number of hydrogen-bond acceptors (Lipinski definition) is 4. The molecule has 2 aromatic heterocycles. The zero-order valence-corrected chi connectivity index (χ0v) is 33.9. The third-order valence-electron chi connectivity index (χ3n) is 11.8. The van der Waals surface area contributed by atoms with Crippen LogP contribution in [-0.2, 0) is 0 Å². The molecular weight excluding hydrogens is 741 g/mol. The number of aromatic nitrogens is 2. The fraction of sp³-hybridized carbons (Fsp3) is 0.111. The molecule has 0 fully saturated rings. The Bertz CT molecular complexity index is 2940. The van der Waals surface area contributed by atoms with Gasteiger partial charge >= 0.3 is 0 Å². The van der Waals surface area contributed by atoms with Gasteiger partial charge in [0, 0.05) is 43.8 Å². The lowest BCUT2D eigenvalue weighted by atomic mass is 9.99. The highest BCUT2D eigenvalue weighted by Crippen LogP contribution is 2.45. The largest absolute Gasteiger partial charge is 0.505 e. The Morgan fingerprint density at radius 2 is 0.683 bits per heavy atom. The van der Waals surface area contributed by atoms with Crippen molar-refractivity contribution < 1.29 is 19.7 Å². The van der Waals surface area contributed by atoms with E-state index in [1.165, 1.54) is 0 Å². The molecule has 6 nitrogen and oxygen atoms in total. The van der Waals surface area contributed by atoms with Crippen molar-refractivity contribution in [2.75, 3.05) is 0 Å². The zero-order valence-electron chi connectivity index (χ0n) is 33.9. The predicted octanol–water partition coefficient (Wildman–Crippen LogP) is 13.5. The van der Waals surface area contributed by atoms with Gasteiger partial charge in [-0.2, -0.15) is 0 Å². The molecule has 60 heavy (non-hydrogen) atoms. The minimum Gasteiger partial charge on any atom is -0.505 e. The first-order chi connectivity index (χ1) is 29.3. The van der Waals surface area contributed by atoms with Crippen molar-refractivity contribution in [3.05, 3.63) is 181 Å². The molecule has 6 heteroatoms. The van der Waals surface area contributed by atoms with Crippen molar-refractivity contribution in [2.45, 2.75) is 39.9 Å². The lowest BCUT2D eigenvalue weighted by molar-refractivity contribution is 0.0787. The van der Waals surface area contributed by atoms with Crippen LogP contribution in [0.2, 0.25) is 0 Å². The van der Waals surface area contributed by atoms with Gasteiger partial charge in [0.15, 0.2) is 0 Å². The van der Waals surface area contributed by atoms with Gasteiger partial charge in [0.2, 0.25) is 0 Å².